The van der Waals surface area contributed by atoms with Gasteiger partial charge < -0.3 is 9.47 Å². The van der Waals surface area contributed by atoms with E-state index in [9.17, 15) is 9.59 Å². The van der Waals surface area contributed by atoms with Gasteiger partial charge in [-0.05, 0) is 41.5 Å². The van der Waals surface area contributed by atoms with Crippen LogP contribution < -0.4 is 16.1 Å². The molecule has 7 nitrogen and oxygen atoms in total. The van der Waals surface area contributed by atoms with Crippen molar-refractivity contribution in [1.29, 1.82) is 0 Å². The average molecular weight is 321 g/mol. The normalized spacial score (nSPS) is 12.9. The van der Waals surface area contributed by atoms with Crippen LogP contribution in [0.3, 0.4) is 0 Å². The molecule has 2 aromatic rings. The number of imidazole rings is 1. The number of rotatable bonds is 1. The van der Waals surface area contributed by atoms with Crippen molar-refractivity contribution in [3.8, 4) is 0 Å². The highest BCUT2D eigenvalue weighted by molar-refractivity contribution is 5.74. The number of anilines is 1. The van der Waals surface area contributed by atoms with Crippen LogP contribution in [0.1, 0.15) is 41.5 Å². The maximum absolute atomic E-state index is 12.5. The summed E-state index contributed by atoms with van der Waals surface area (Å²) in [4.78, 5) is 31.5. The SMILES string of the molecule is Cn1c(=O)c2c(nc(N(C(C)(C)C)C(C)(C)C)n2C)n(C)c1=O. The quantitative estimate of drug-likeness (QED) is 0.796. The Kier molecular flexibility index (Phi) is 3.74. The second-order valence-corrected chi connectivity index (χ2v) is 8.03. The van der Waals surface area contributed by atoms with Gasteiger partial charge in [-0.15, -0.1) is 0 Å². The van der Waals surface area contributed by atoms with E-state index in [1.54, 1.807) is 11.6 Å². The highest BCUT2D eigenvalue weighted by Gasteiger charge is 2.35. The van der Waals surface area contributed by atoms with Crippen molar-refractivity contribution in [3.05, 3.63) is 20.8 Å². The van der Waals surface area contributed by atoms with E-state index in [2.05, 4.69) is 51.4 Å². The highest BCUT2D eigenvalue weighted by Crippen LogP contribution is 2.32. The molecule has 23 heavy (non-hydrogen) atoms. The molecule has 0 aliphatic rings. The van der Waals surface area contributed by atoms with Gasteiger partial charge in [-0.25, -0.2) is 4.79 Å². The molecule has 0 radical (unpaired) electrons. The summed E-state index contributed by atoms with van der Waals surface area (Å²) < 4.78 is 4.32. The number of nitrogens with zero attached hydrogens (tertiary/aromatic N) is 5. The van der Waals surface area contributed by atoms with Gasteiger partial charge in [0.05, 0.1) is 0 Å². The van der Waals surface area contributed by atoms with Crippen LogP contribution in [0.2, 0.25) is 0 Å². The molecule has 0 bridgehead atoms. The topological polar surface area (TPSA) is 65.1 Å². The zero-order chi connectivity index (χ0) is 17.9. The second kappa shape index (κ2) is 4.97. The van der Waals surface area contributed by atoms with Crippen molar-refractivity contribution in [3.63, 3.8) is 0 Å². The minimum absolute atomic E-state index is 0.197. The fourth-order valence-electron chi connectivity index (χ4n) is 3.31. The van der Waals surface area contributed by atoms with E-state index >= 15 is 0 Å². The van der Waals surface area contributed by atoms with Crippen molar-refractivity contribution in [1.82, 2.24) is 18.7 Å². The van der Waals surface area contributed by atoms with E-state index in [0.29, 0.717) is 17.1 Å². The lowest BCUT2D eigenvalue weighted by molar-refractivity contribution is 0.370. The van der Waals surface area contributed by atoms with Crippen LogP contribution in [0, 0.1) is 0 Å². The molecule has 0 aromatic carbocycles. The predicted molar refractivity (Wildman–Crippen MR) is 93.2 cm³/mol. The van der Waals surface area contributed by atoms with Crippen molar-refractivity contribution in [2.75, 3.05) is 4.90 Å². The van der Waals surface area contributed by atoms with Gasteiger partial charge in [0.25, 0.3) is 5.56 Å². The van der Waals surface area contributed by atoms with Gasteiger partial charge in [0.1, 0.15) is 0 Å². The molecule has 0 aliphatic carbocycles. The Morgan fingerprint density at radius 3 is 1.74 bits per heavy atom. The summed E-state index contributed by atoms with van der Waals surface area (Å²) in [6, 6.07) is 0. The molecule has 0 N–H and O–H groups in total. The fourth-order valence-corrected chi connectivity index (χ4v) is 3.31. The van der Waals surface area contributed by atoms with E-state index in [1.807, 2.05) is 7.05 Å². The third-order valence-electron chi connectivity index (χ3n) is 3.99. The minimum atomic E-state index is -0.370. The molecule has 2 heterocycles. The van der Waals surface area contributed by atoms with Gasteiger partial charge in [0.2, 0.25) is 5.95 Å². The van der Waals surface area contributed by atoms with Gasteiger partial charge >= 0.3 is 5.69 Å². The number of fused-ring (bicyclic) bond motifs is 1. The van der Waals surface area contributed by atoms with Crippen molar-refractivity contribution in [2.45, 2.75) is 52.6 Å². The van der Waals surface area contributed by atoms with Gasteiger partial charge in [-0.2, -0.15) is 4.98 Å². The Morgan fingerprint density at radius 1 is 0.826 bits per heavy atom. The molecule has 0 amide bonds. The van der Waals surface area contributed by atoms with Crippen LogP contribution in [-0.4, -0.2) is 29.8 Å². The van der Waals surface area contributed by atoms with Crippen LogP contribution in [0.5, 0.6) is 0 Å². The maximum atomic E-state index is 12.5. The third kappa shape index (κ3) is 2.58. The molecule has 0 atom stereocenters. The standard InChI is InChI=1S/C16H27N5O2/c1-15(2,3)21(16(4,5)6)13-17-11-10(18(13)7)12(22)20(9)14(23)19(11)8/h1-9H3. The number of aryl methyl sites for hydroxylation is 2. The van der Waals surface area contributed by atoms with Crippen molar-refractivity contribution in [2.24, 2.45) is 21.1 Å². The first-order chi connectivity index (χ1) is 10.3. The van der Waals surface area contributed by atoms with Crippen LogP contribution in [0.4, 0.5) is 5.95 Å². The first kappa shape index (κ1) is 17.3. The Hall–Kier alpha value is -2.05. The van der Waals surface area contributed by atoms with E-state index in [0.717, 1.165) is 4.57 Å². The number of aromatic nitrogens is 4. The maximum Gasteiger partial charge on any atom is 0.332 e. The first-order valence-corrected chi connectivity index (χ1v) is 7.71. The summed E-state index contributed by atoms with van der Waals surface area (Å²) in [7, 11) is 4.95. The van der Waals surface area contributed by atoms with Gasteiger partial charge in [0.15, 0.2) is 11.2 Å². The molecule has 2 aromatic heterocycles. The average Bonchev–Trinajstić information content (AvgIpc) is 2.69. The van der Waals surface area contributed by atoms with E-state index in [4.69, 9.17) is 0 Å². The lowest BCUT2D eigenvalue weighted by Gasteiger charge is -2.46. The summed E-state index contributed by atoms with van der Waals surface area (Å²) in [5.41, 5.74) is -0.246. The van der Waals surface area contributed by atoms with Crippen LogP contribution in [0.25, 0.3) is 11.2 Å². The lowest BCUT2D eigenvalue weighted by Crippen LogP contribution is -2.54. The number of hydrogen-bond donors (Lipinski definition) is 0. The Morgan fingerprint density at radius 2 is 1.30 bits per heavy atom. The zero-order valence-corrected chi connectivity index (χ0v) is 15.6. The largest absolute Gasteiger partial charge is 0.333 e. The monoisotopic (exact) mass is 321 g/mol. The third-order valence-corrected chi connectivity index (χ3v) is 3.99. The zero-order valence-electron chi connectivity index (χ0n) is 15.6. The molecule has 0 unspecified atom stereocenters. The van der Waals surface area contributed by atoms with E-state index in [1.165, 1.54) is 11.6 Å². The molecule has 0 fully saturated rings. The molecule has 0 aliphatic heterocycles. The summed E-state index contributed by atoms with van der Waals surface area (Å²) in [5.74, 6) is 0.679. The van der Waals surface area contributed by atoms with Crippen LogP contribution in [-0.2, 0) is 21.1 Å². The van der Waals surface area contributed by atoms with Gasteiger partial charge in [-0.3, -0.25) is 13.9 Å². The van der Waals surface area contributed by atoms with Crippen LogP contribution in [0.15, 0.2) is 9.59 Å². The summed E-state index contributed by atoms with van der Waals surface area (Å²) in [6.07, 6.45) is 0. The Labute approximate surface area is 136 Å². The molecule has 2 rings (SSSR count). The molecule has 7 heteroatoms. The molecular formula is C16H27N5O2. The molecule has 0 saturated carbocycles. The van der Waals surface area contributed by atoms with Gasteiger partial charge in [-0.1, -0.05) is 0 Å². The Balaban J connectivity index is 2.96. The summed E-state index contributed by atoms with van der Waals surface area (Å²) in [6.45, 7) is 12.6. The molecule has 128 valence electrons. The smallest absolute Gasteiger partial charge is 0.332 e. The lowest BCUT2D eigenvalue weighted by atomic mass is 9.97. The first-order valence-electron chi connectivity index (χ1n) is 7.71. The number of hydrogen-bond acceptors (Lipinski definition) is 4. The van der Waals surface area contributed by atoms with E-state index < -0.39 is 0 Å². The van der Waals surface area contributed by atoms with Crippen LogP contribution >= 0.6 is 0 Å². The fraction of sp³-hybridized carbons (Fsp3) is 0.688. The second-order valence-electron chi connectivity index (χ2n) is 8.03. The predicted octanol–water partition coefficient (Wildman–Crippen LogP) is 1.37. The molecular weight excluding hydrogens is 294 g/mol. The van der Waals surface area contributed by atoms with Gasteiger partial charge in [0, 0.05) is 32.2 Å². The van der Waals surface area contributed by atoms with E-state index in [-0.39, 0.29) is 22.3 Å². The highest BCUT2D eigenvalue weighted by atomic mass is 16.2. The minimum Gasteiger partial charge on any atom is -0.333 e. The van der Waals surface area contributed by atoms with Crippen molar-refractivity contribution < 1.29 is 0 Å². The summed E-state index contributed by atoms with van der Waals surface area (Å²) >= 11 is 0. The molecule has 0 spiro atoms. The molecule has 0 saturated heterocycles. The summed E-state index contributed by atoms with van der Waals surface area (Å²) in [5, 5.41) is 0. The van der Waals surface area contributed by atoms with Crippen molar-refractivity contribution >= 4 is 17.1 Å². The Bertz CT molecular complexity index is 857.